The number of carbonyl (C=O) groups is 1. The molecule has 0 amide bonds. The molecule has 4 rings (SSSR count). The minimum Gasteiger partial charge on any atom is -0.481 e. The Kier molecular flexibility index (Phi) is 4.44. The first-order chi connectivity index (χ1) is 13.3. The zero-order valence-electron chi connectivity index (χ0n) is 14.8. The van der Waals surface area contributed by atoms with Crippen LogP contribution in [0.4, 0.5) is 28.9 Å². The lowest BCUT2D eigenvalue weighted by Crippen LogP contribution is -2.60. The van der Waals surface area contributed by atoms with Crippen molar-refractivity contribution < 1.29 is 27.5 Å². The van der Waals surface area contributed by atoms with E-state index in [1.54, 1.807) is 18.2 Å². The lowest BCUT2D eigenvalue weighted by atomic mass is 9.83. The number of aliphatic carboxylic acids is 1. The number of benzene rings is 2. The maximum atomic E-state index is 14.2. The Morgan fingerprint density at radius 1 is 1.07 bits per heavy atom. The van der Waals surface area contributed by atoms with Crippen molar-refractivity contribution in [1.82, 2.24) is 0 Å². The smallest absolute Gasteiger partial charge is 0.416 e. The number of hydrogen-bond acceptors (Lipinski definition) is 3. The molecule has 2 aliphatic heterocycles. The van der Waals surface area contributed by atoms with Gasteiger partial charge in [0.15, 0.2) is 0 Å². The first kappa shape index (κ1) is 18.6. The standard InChI is InChI=1S/C20H18F4N2O2/c21-15-3-1-2-4-17(15)25-7-8-26-16-6-5-13(20(22,23)24)9-12(16)10-14(19(27)28)18(26)11-25/h1-6,9,14,18H,7-8,10-11H2,(H,27,28). The second-order valence-corrected chi connectivity index (χ2v) is 7.15. The van der Waals surface area contributed by atoms with Gasteiger partial charge in [0.1, 0.15) is 5.82 Å². The number of para-hydroxylation sites is 1. The molecular formula is C20H18F4N2O2. The van der Waals surface area contributed by atoms with Crippen LogP contribution in [0.3, 0.4) is 0 Å². The highest BCUT2D eigenvalue weighted by Gasteiger charge is 2.43. The van der Waals surface area contributed by atoms with Gasteiger partial charge in [-0.05, 0) is 42.3 Å². The topological polar surface area (TPSA) is 43.8 Å². The maximum absolute atomic E-state index is 14.2. The summed E-state index contributed by atoms with van der Waals surface area (Å²) >= 11 is 0. The molecule has 0 radical (unpaired) electrons. The van der Waals surface area contributed by atoms with Crippen molar-refractivity contribution in [3.05, 3.63) is 59.4 Å². The third-order valence-corrected chi connectivity index (χ3v) is 5.55. The number of hydrogen-bond donors (Lipinski definition) is 1. The summed E-state index contributed by atoms with van der Waals surface area (Å²) in [6.07, 6.45) is -4.46. The highest BCUT2D eigenvalue weighted by molar-refractivity contribution is 5.76. The first-order valence-corrected chi connectivity index (χ1v) is 8.95. The van der Waals surface area contributed by atoms with Crippen molar-refractivity contribution in [3.8, 4) is 0 Å². The molecule has 0 saturated carbocycles. The number of nitrogens with zero attached hydrogens (tertiary/aromatic N) is 2. The number of rotatable bonds is 2. The lowest BCUT2D eigenvalue weighted by Gasteiger charge is -2.49. The first-order valence-electron chi connectivity index (χ1n) is 8.95. The minimum absolute atomic E-state index is 0.0147. The zero-order chi connectivity index (χ0) is 20.1. The third-order valence-electron chi connectivity index (χ3n) is 5.55. The van der Waals surface area contributed by atoms with Crippen molar-refractivity contribution in [3.63, 3.8) is 0 Å². The highest BCUT2D eigenvalue weighted by Crippen LogP contribution is 2.40. The Hall–Kier alpha value is -2.77. The average molecular weight is 394 g/mol. The van der Waals surface area contributed by atoms with Crippen LogP contribution in [0.15, 0.2) is 42.5 Å². The Morgan fingerprint density at radius 2 is 1.82 bits per heavy atom. The molecule has 4 nitrogen and oxygen atoms in total. The third kappa shape index (κ3) is 3.16. The number of carboxylic acids is 1. The Morgan fingerprint density at radius 3 is 2.50 bits per heavy atom. The van der Waals surface area contributed by atoms with Gasteiger partial charge in [-0.3, -0.25) is 4.79 Å². The van der Waals surface area contributed by atoms with E-state index < -0.39 is 29.7 Å². The lowest BCUT2D eigenvalue weighted by molar-refractivity contribution is -0.142. The molecule has 2 aliphatic rings. The number of anilines is 2. The van der Waals surface area contributed by atoms with Crippen molar-refractivity contribution in [2.45, 2.75) is 18.6 Å². The molecule has 2 atom stereocenters. The molecule has 2 unspecified atom stereocenters. The summed E-state index contributed by atoms with van der Waals surface area (Å²) < 4.78 is 53.3. The van der Waals surface area contributed by atoms with E-state index in [1.165, 1.54) is 12.1 Å². The molecule has 0 aliphatic carbocycles. The zero-order valence-corrected chi connectivity index (χ0v) is 14.8. The number of alkyl halides is 3. The number of halogens is 4. The molecular weight excluding hydrogens is 376 g/mol. The van der Waals surface area contributed by atoms with E-state index >= 15 is 0 Å². The van der Waals surface area contributed by atoms with E-state index in [1.807, 2.05) is 9.80 Å². The molecule has 28 heavy (non-hydrogen) atoms. The summed E-state index contributed by atoms with van der Waals surface area (Å²) in [4.78, 5) is 15.5. The van der Waals surface area contributed by atoms with Gasteiger partial charge < -0.3 is 14.9 Å². The summed E-state index contributed by atoms with van der Waals surface area (Å²) in [5, 5.41) is 9.70. The molecule has 1 saturated heterocycles. The van der Waals surface area contributed by atoms with Crippen LogP contribution < -0.4 is 9.80 Å². The molecule has 2 heterocycles. The predicted molar refractivity (Wildman–Crippen MR) is 96.0 cm³/mol. The largest absolute Gasteiger partial charge is 0.481 e. The van der Waals surface area contributed by atoms with Crippen LogP contribution in [0.25, 0.3) is 0 Å². The van der Waals surface area contributed by atoms with Crippen LogP contribution in [0, 0.1) is 11.7 Å². The predicted octanol–water partition coefficient (Wildman–Crippen LogP) is 3.80. The van der Waals surface area contributed by atoms with Crippen LogP contribution >= 0.6 is 0 Å². The van der Waals surface area contributed by atoms with Gasteiger partial charge in [-0.2, -0.15) is 13.2 Å². The van der Waals surface area contributed by atoms with Gasteiger partial charge in [0.05, 0.1) is 23.2 Å². The number of fused-ring (bicyclic) bond motifs is 3. The number of piperazine rings is 1. The molecule has 0 bridgehead atoms. The van der Waals surface area contributed by atoms with Gasteiger partial charge >= 0.3 is 12.1 Å². The van der Waals surface area contributed by atoms with Crippen molar-refractivity contribution >= 4 is 17.3 Å². The molecule has 1 N–H and O–H groups in total. The van der Waals surface area contributed by atoms with Crippen LogP contribution in [-0.4, -0.2) is 36.8 Å². The molecule has 1 fully saturated rings. The van der Waals surface area contributed by atoms with Gasteiger partial charge in [0.25, 0.3) is 0 Å². The summed E-state index contributed by atoms with van der Waals surface area (Å²) in [5.41, 5.74) is 0.643. The van der Waals surface area contributed by atoms with Gasteiger partial charge in [0, 0.05) is 25.3 Å². The summed E-state index contributed by atoms with van der Waals surface area (Å²) in [6.45, 7) is 1.14. The summed E-state index contributed by atoms with van der Waals surface area (Å²) in [7, 11) is 0. The SMILES string of the molecule is O=C(O)C1Cc2cc(C(F)(F)F)ccc2N2CCN(c3ccccc3F)CC12. The molecule has 148 valence electrons. The van der Waals surface area contributed by atoms with Crippen LogP contribution in [-0.2, 0) is 17.4 Å². The average Bonchev–Trinajstić information content (AvgIpc) is 2.66. The summed E-state index contributed by atoms with van der Waals surface area (Å²) in [5.74, 6) is -2.31. The minimum atomic E-state index is -4.48. The van der Waals surface area contributed by atoms with Crippen molar-refractivity contribution in [1.29, 1.82) is 0 Å². The van der Waals surface area contributed by atoms with Crippen LogP contribution in [0.5, 0.6) is 0 Å². The normalized spacial score (nSPS) is 21.9. The second kappa shape index (κ2) is 6.68. The highest BCUT2D eigenvalue weighted by atomic mass is 19.4. The van der Waals surface area contributed by atoms with Crippen molar-refractivity contribution in [2.75, 3.05) is 29.4 Å². The summed E-state index contributed by atoms with van der Waals surface area (Å²) in [6, 6.07) is 9.35. The Bertz CT molecular complexity index is 915. The van der Waals surface area contributed by atoms with E-state index in [-0.39, 0.29) is 12.2 Å². The van der Waals surface area contributed by atoms with E-state index in [0.29, 0.717) is 36.6 Å². The fourth-order valence-corrected chi connectivity index (χ4v) is 4.21. The van der Waals surface area contributed by atoms with Gasteiger partial charge in [-0.25, -0.2) is 4.39 Å². The fourth-order valence-electron chi connectivity index (χ4n) is 4.21. The van der Waals surface area contributed by atoms with E-state index in [4.69, 9.17) is 0 Å². The van der Waals surface area contributed by atoms with Crippen LogP contribution in [0.1, 0.15) is 11.1 Å². The van der Waals surface area contributed by atoms with E-state index in [0.717, 1.165) is 12.1 Å². The van der Waals surface area contributed by atoms with E-state index in [9.17, 15) is 27.5 Å². The number of carboxylic acid groups (broad SMARTS) is 1. The monoisotopic (exact) mass is 394 g/mol. The Labute approximate surface area is 159 Å². The van der Waals surface area contributed by atoms with Gasteiger partial charge in [0.2, 0.25) is 0 Å². The molecule has 2 aromatic carbocycles. The quantitative estimate of drug-likeness (QED) is 0.787. The molecule has 0 spiro atoms. The van der Waals surface area contributed by atoms with Crippen LogP contribution in [0.2, 0.25) is 0 Å². The molecule has 2 aromatic rings. The molecule has 0 aromatic heterocycles. The second-order valence-electron chi connectivity index (χ2n) is 7.15. The maximum Gasteiger partial charge on any atom is 0.416 e. The fraction of sp³-hybridized carbons (Fsp3) is 0.350. The van der Waals surface area contributed by atoms with Gasteiger partial charge in [-0.1, -0.05) is 12.1 Å². The molecule has 8 heteroatoms. The van der Waals surface area contributed by atoms with Gasteiger partial charge in [-0.15, -0.1) is 0 Å². The van der Waals surface area contributed by atoms with E-state index in [2.05, 4.69) is 0 Å². The Balaban J connectivity index is 1.69. The van der Waals surface area contributed by atoms with Crippen molar-refractivity contribution in [2.24, 2.45) is 5.92 Å².